The summed E-state index contributed by atoms with van der Waals surface area (Å²) in [6.45, 7) is 9.87. The minimum Gasteiger partial charge on any atom is -0.289 e. The summed E-state index contributed by atoms with van der Waals surface area (Å²) in [7, 11) is 0. The molecule has 0 fully saturated rings. The SMILES string of the molecule is CC.CC.CCCC(=O)NO.c1ccc2c(c1)Cc1ccccc1C2. The summed E-state index contributed by atoms with van der Waals surface area (Å²) in [6, 6.07) is 17.5. The van der Waals surface area contributed by atoms with Crippen molar-refractivity contribution in [3.05, 3.63) is 70.8 Å². The molecule has 0 saturated heterocycles. The fourth-order valence-electron chi connectivity index (χ4n) is 2.50. The van der Waals surface area contributed by atoms with Crippen LogP contribution in [0.2, 0.25) is 0 Å². The van der Waals surface area contributed by atoms with Crippen LogP contribution in [0, 0.1) is 0 Å². The van der Waals surface area contributed by atoms with Crippen LogP contribution in [0.1, 0.15) is 69.7 Å². The molecular formula is C22H33NO2. The van der Waals surface area contributed by atoms with Crippen molar-refractivity contribution in [2.24, 2.45) is 0 Å². The molecule has 0 heterocycles. The minimum atomic E-state index is -0.317. The molecule has 0 atom stereocenters. The van der Waals surface area contributed by atoms with E-state index in [9.17, 15) is 4.79 Å². The molecular weight excluding hydrogens is 310 g/mol. The fraction of sp³-hybridized carbons (Fsp3) is 0.409. The Morgan fingerprint density at radius 2 is 1.16 bits per heavy atom. The predicted molar refractivity (Wildman–Crippen MR) is 106 cm³/mol. The van der Waals surface area contributed by atoms with Gasteiger partial charge in [0.2, 0.25) is 5.91 Å². The molecule has 2 aromatic carbocycles. The summed E-state index contributed by atoms with van der Waals surface area (Å²) in [5, 5.41) is 7.87. The Labute approximate surface area is 153 Å². The number of hydrogen-bond acceptors (Lipinski definition) is 2. The van der Waals surface area contributed by atoms with E-state index >= 15 is 0 Å². The van der Waals surface area contributed by atoms with E-state index in [-0.39, 0.29) is 5.91 Å². The Kier molecular flexibility index (Phi) is 13.0. The molecule has 138 valence electrons. The van der Waals surface area contributed by atoms with Gasteiger partial charge in [-0.2, -0.15) is 0 Å². The first-order valence-corrected chi connectivity index (χ1v) is 9.31. The van der Waals surface area contributed by atoms with Crippen LogP contribution in [-0.2, 0) is 17.6 Å². The second kappa shape index (κ2) is 14.2. The van der Waals surface area contributed by atoms with E-state index in [1.165, 1.54) is 27.7 Å². The third kappa shape index (κ3) is 7.99. The van der Waals surface area contributed by atoms with Gasteiger partial charge in [0.25, 0.3) is 0 Å². The molecule has 0 unspecified atom stereocenters. The first-order valence-electron chi connectivity index (χ1n) is 9.31. The van der Waals surface area contributed by atoms with Crippen molar-refractivity contribution >= 4 is 5.91 Å². The lowest BCUT2D eigenvalue weighted by Crippen LogP contribution is -2.17. The third-order valence-corrected chi connectivity index (χ3v) is 3.60. The summed E-state index contributed by atoms with van der Waals surface area (Å²) in [6.07, 6.45) is 3.38. The molecule has 0 bridgehead atoms. The highest BCUT2D eigenvalue weighted by atomic mass is 16.5. The van der Waals surface area contributed by atoms with Crippen molar-refractivity contribution in [3.8, 4) is 0 Å². The van der Waals surface area contributed by atoms with E-state index < -0.39 is 0 Å². The molecule has 0 saturated carbocycles. The monoisotopic (exact) mass is 343 g/mol. The van der Waals surface area contributed by atoms with Gasteiger partial charge in [-0.15, -0.1) is 0 Å². The molecule has 2 aromatic rings. The van der Waals surface area contributed by atoms with Gasteiger partial charge in [0, 0.05) is 6.42 Å². The number of hydroxylamine groups is 1. The summed E-state index contributed by atoms with van der Waals surface area (Å²) < 4.78 is 0. The van der Waals surface area contributed by atoms with Gasteiger partial charge in [-0.3, -0.25) is 10.0 Å². The van der Waals surface area contributed by atoms with Crippen LogP contribution in [0.15, 0.2) is 48.5 Å². The van der Waals surface area contributed by atoms with E-state index in [1.807, 2.05) is 34.6 Å². The van der Waals surface area contributed by atoms with Crippen LogP contribution < -0.4 is 5.48 Å². The maximum atomic E-state index is 10.1. The molecule has 0 radical (unpaired) electrons. The van der Waals surface area contributed by atoms with Gasteiger partial charge < -0.3 is 0 Å². The number of nitrogens with one attached hydrogen (secondary N) is 1. The summed E-state index contributed by atoms with van der Waals surface area (Å²) in [5.74, 6) is -0.317. The van der Waals surface area contributed by atoms with Gasteiger partial charge in [-0.1, -0.05) is 83.1 Å². The van der Waals surface area contributed by atoms with Crippen LogP contribution in [0.5, 0.6) is 0 Å². The zero-order valence-electron chi connectivity index (χ0n) is 16.3. The highest BCUT2D eigenvalue weighted by Gasteiger charge is 2.12. The van der Waals surface area contributed by atoms with Crippen molar-refractivity contribution in [2.45, 2.75) is 60.3 Å². The second-order valence-electron chi connectivity index (χ2n) is 5.18. The van der Waals surface area contributed by atoms with Gasteiger partial charge in [0.1, 0.15) is 0 Å². The molecule has 3 nitrogen and oxygen atoms in total. The normalized spacial score (nSPS) is 10.2. The fourth-order valence-corrected chi connectivity index (χ4v) is 2.50. The average molecular weight is 344 g/mol. The zero-order valence-corrected chi connectivity index (χ0v) is 16.3. The van der Waals surface area contributed by atoms with Gasteiger partial charge >= 0.3 is 0 Å². The van der Waals surface area contributed by atoms with Gasteiger partial charge in [-0.05, 0) is 41.5 Å². The lowest BCUT2D eigenvalue weighted by atomic mass is 9.86. The molecule has 0 spiro atoms. The highest BCUT2D eigenvalue weighted by molar-refractivity contribution is 5.74. The van der Waals surface area contributed by atoms with Crippen molar-refractivity contribution < 1.29 is 10.0 Å². The number of hydrogen-bond donors (Lipinski definition) is 2. The zero-order chi connectivity index (χ0) is 19.1. The van der Waals surface area contributed by atoms with Gasteiger partial charge in [0.05, 0.1) is 0 Å². The standard InChI is InChI=1S/C14H12.C4H9NO2.2C2H6/c1-2-6-12-10-14-8-4-3-7-13(14)9-11(12)5-1;1-2-3-4(6)5-7;2*1-2/h1-8H,9-10H2;7H,2-3H2,1H3,(H,5,6);2*1-2H3. The van der Waals surface area contributed by atoms with Crippen LogP contribution in [0.4, 0.5) is 0 Å². The smallest absolute Gasteiger partial charge is 0.243 e. The van der Waals surface area contributed by atoms with E-state index in [2.05, 4.69) is 48.5 Å². The molecule has 0 aliphatic heterocycles. The Bertz CT molecular complexity index is 521. The van der Waals surface area contributed by atoms with E-state index in [0.717, 1.165) is 19.3 Å². The highest BCUT2D eigenvalue weighted by Crippen LogP contribution is 2.26. The third-order valence-electron chi connectivity index (χ3n) is 3.60. The maximum Gasteiger partial charge on any atom is 0.243 e. The quantitative estimate of drug-likeness (QED) is 0.475. The Morgan fingerprint density at radius 1 is 0.840 bits per heavy atom. The summed E-state index contributed by atoms with van der Waals surface area (Å²) in [4.78, 5) is 10.1. The van der Waals surface area contributed by atoms with E-state index in [0.29, 0.717) is 6.42 Å². The molecule has 3 rings (SSSR count). The lowest BCUT2D eigenvalue weighted by molar-refractivity contribution is -0.129. The predicted octanol–water partition coefficient (Wildman–Crippen LogP) is 5.53. The average Bonchev–Trinajstić information content (AvgIpc) is 2.70. The topological polar surface area (TPSA) is 49.3 Å². The number of rotatable bonds is 2. The molecule has 25 heavy (non-hydrogen) atoms. The lowest BCUT2D eigenvalue weighted by Gasteiger charge is -2.18. The maximum absolute atomic E-state index is 10.1. The number of amides is 1. The summed E-state index contributed by atoms with van der Waals surface area (Å²) >= 11 is 0. The van der Waals surface area contributed by atoms with Crippen LogP contribution in [-0.4, -0.2) is 11.1 Å². The first-order chi connectivity index (χ1) is 12.2. The van der Waals surface area contributed by atoms with Gasteiger partial charge in [-0.25, -0.2) is 5.48 Å². The van der Waals surface area contributed by atoms with Crippen LogP contribution in [0.25, 0.3) is 0 Å². The molecule has 1 aliphatic carbocycles. The number of benzene rings is 2. The first kappa shape index (κ1) is 22.9. The molecule has 1 aliphatic rings. The molecule has 0 aromatic heterocycles. The van der Waals surface area contributed by atoms with Crippen LogP contribution in [0.3, 0.4) is 0 Å². The van der Waals surface area contributed by atoms with Crippen molar-refractivity contribution in [1.29, 1.82) is 0 Å². The van der Waals surface area contributed by atoms with E-state index in [4.69, 9.17) is 5.21 Å². The Hall–Kier alpha value is -2.13. The molecule has 2 N–H and O–H groups in total. The summed E-state index contributed by atoms with van der Waals surface area (Å²) in [5.41, 5.74) is 7.49. The minimum absolute atomic E-state index is 0.317. The van der Waals surface area contributed by atoms with Crippen LogP contribution >= 0.6 is 0 Å². The van der Waals surface area contributed by atoms with Crippen molar-refractivity contribution in [3.63, 3.8) is 0 Å². The largest absolute Gasteiger partial charge is 0.289 e. The van der Waals surface area contributed by atoms with Crippen molar-refractivity contribution in [1.82, 2.24) is 5.48 Å². The van der Waals surface area contributed by atoms with Crippen molar-refractivity contribution in [2.75, 3.05) is 0 Å². The van der Waals surface area contributed by atoms with E-state index in [1.54, 1.807) is 0 Å². The number of carbonyl (C=O) groups is 1. The molecule has 3 heteroatoms. The Morgan fingerprint density at radius 3 is 1.36 bits per heavy atom. The van der Waals surface area contributed by atoms with Gasteiger partial charge in [0.15, 0.2) is 0 Å². The number of fused-ring (bicyclic) bond motifs is 2. The second-order valence-corrected chi connectivity index (χ2v) is 5.18. The molecule has 1 amide bonds. The Balaban J connectivity index is 0.000000450. The number of carbonyl (C=O) groups excluding carboxylic acids is 1.